The van der Waals surface area contributed by atoms with E-state index in [1.165, 1.54) is 22.2 Å². The molecule has 0 saturated heterocycles. The second-order valence-corrected chi connectivity index (χ2v) is 8.20. The van der Waals surface area contributed by atoms with E-state index in [1.54, 1.807) is 55.5 Å². The van der Waals surface area contributed by atoms with Crippen molar-refractivity contribution in [3.8, 4) is 5.69 Å². The van der Waals surface area contributed by atoms with E-state index in [-0.39, 0.29) is 11.3 Å². The molecule has 0 aliphatic carbocycles. The Labute approximate surface area is 199 Å². The van der Waals surface area contributed by atoms with Crippen molar-refractivity contribution in [2.45, 2.75) is 6.92 Å². The molecule has 2 amide bonds. The topological polar surface area (TPSA) is 108 Å². The van der Waals surface area contributed by atoms with Gasteiger partial charge in [0.1, 0.15) is 5.70 Å². The van der Waals surface area contributed by atoms with E-state index in [0.717, 1.165) is 4.88 Å². The van der Waals surface area contributed by atoms with Crippen molar-refractivity contribution in [1.29, 1.82) is 0 Å². The summed E-state index contributed by atoms with van der Waals surface area (Å²) in [6.45, 7) is 1.74. The molecule has 0 aliphatic heterocycles. The summed E-state index contributed by atoms with van der Waals surface area (Å²) in [6, 6.07) is 21.4. The van der Waals surface area contributed by atoms with Gasteiger partial charge in [0.15, 0.2) is 0 Å². The molecule has 0 radical (unpaired) electrons. The lowest BCUT2D eigenvalue weighted by Gasteiger charge is -2.08. The highest BCUT2D eigenvalue weighted by Gasteiger charge is 2.15. The number of hydrazone groups is 1. The number of thiophene rings is 1. The Morgan fingerprint density at radius 1 is 1.00 bits per heavy atom. The number of benzene rings is 2. The van der Waals surface area contributed by atoms with Crippen LogP contribution in [0.1, 0.15) is 26.5 Å². The normalized spacial score (nSPS) is 11.5. The number of H-pyrrole nitrogens is 1. The van der Waals surface area contributed by atoms with Crippen LogP contribution in [0.2, 0.25) is 0 Å². The third-order valence-electron chi connectivity index (χ3n) is 4.85. The van der Waals surface area contributed by atoms with Crippen LogP contribution in [0.25, 0.3) is 11.8 Å². The molecule has 0 atom stereocenters. The van der Waals surface area contributed by atoms with E-state index in [4.69, 9.17) is 0 Å². The number of para-hydroxylation sites is 1. The summed E-state index contributed by atoms with van der Waals surface area (Å²) in [4.78, 5) is 39.0. The lowest BCUT2D eigenvalue weighted by atomic mass is 10.2. The molecule has 8 nitrogen and oxygen atoms in total. The molecule has 4 rings (SSSR count). The molecule has 170 valence electrons. The van der Waals surface area contributed by atoms with Gasteiger partial charge in [0.05, 0.1) is 17.5 Å². The van der Waals surface area contributed by atoms with Crippen molar-refractivity contribution in [1.82, 2.24) is 20.5 Å². The standard InChI is InChI=1S/C25H21N5O3S/c1-17-21(25(33)30(29-17)19-11-6-3-7-12-19)16-26-28-24(32)22(15-20-13-8-14-34-20)27-23(31)18-9-4-2-5-10-18/h2-16,29H,1H3,(H,27,31)(H,28,32). The summed E-state index contributed by atoms with van der Waals surface area (Å²) < 4.78 is 1.40. The van der Waals surface area contributed by atoms with Gasteiger partial charge in [-0.1, -0.05) is 42.5 Å². The molecule has 9 heteroatoms. The third kappa shape index (κ3) is 5.28. The molecule has 2 aromatic carbocycles. The largest absolute Gasteiger partial charge is 0.317 e. The number of nitrogens with one attached hydrogen (secondary N) is 3. The second-order valence-electron chi connectivity index (χ2n) is 7.22. The van der Waals surface area contributed by atoms with Crippen LogP contribution in [0.3, 0.4) is 0 Å². The Bertz CT molecular complexity index is 1400. The van der Waals surface area contributed by atoms with E-state index in [0.29, 0.717) is 22.5 Å². The SMILES string of the molecule is Cc1[nH]n(-c2ccccc2)c(=O)c1C=NNC(=O)C(=Cc1cccs1)NC(=O)c1ccccc1. The number of nitrogens with zero attached hydrogens (tertiary/aromatic N) is 2. The molecular weight excluding hydrogens is 450 g/mol. The Kier molecular flexibility index (Phi) is 6.95. The van der Waals surface area contributed by atoms with Crippen LogP contribution in [0.4, 0.5) is 0 Å². The average molecular weight is 472 g/mol. The minimum atomic E-state index is -0.620. The monoisotopic (exact) mass is 471 g/mol. The Morgan fingerprint density at radius 3 is 2.38 bits per heavy atom. The summed E-state index contributed by atoms with van der Waals surface area (Å²) >= 11 is 1.42. The Balaban J connectivity index is 1.53. The lowest BCUT2D eigenvalue weighted by Crippen LogP contribution is -2.32. The molecule has 2 aromatic heterocycles. The molecule has 4 aromatic rings. The highest BCUT2D eigenvalue weighted by molar-refractivity contribution is 7.10. The van der Waals surface area contributed by atoms with Gasteiger partial charge >= 0.3 is 0 Å². The molecule has 0 aliphatic rings. The Morgan fingerprint density at radius 2 is 1.71 bits per heavy atom. The first kappa shape index (κ1) is 22.7. The third-order valence-corrected chi connectivity index (χ3v) is 5.67. The van der Waals surface area contributed by atoms with Crippen molar-refractivity contribution in [3.05, 3.63) is 116 Å². The fourth-order valence-electron chi connectivity index (χ4n) is 3.14. The van der Waals surface area contributed by atoms with Gasteiger partial charge in [-0.15, -0.1) is 11.3 Å². The maximum atomic E-state index is 12.8. The number of rotatable bonds is 7. The number of hydrogen-bond donors (Lipinski definition) is 3. The van der Waals surface area contributed by atoms with Crippen molar-refractivity contribution in [2.24, 2.45) is 5.10 Å². The Hall–Kier alpha value is -4.50. The highest BCUT2D eigenvalue weighted by atomic mass is 32.1. The van der Waals surface area contributed by atoms with Crippen molar-refractivity contribution < 1.29 is 9.59 Å². The van der Waals surface area contributed by atoms with Gasteiger partial charge in [-0.2, -0.15) is 5.10 Å². The van der Waals surface area contributed by atoms with E-state index in [1.807, 2.05) is 35.7 Å². The van der Waals surface area contributed by atoms with Gasteiger partial charge < -0.3 is 5.32 Å². The zero-order valence-corrected chi connectivity index (χ0v) is 19.0. The second kappa shape index (κ2) is 10.4. The summed E-state index contributed by atoms with van der Waals surface area (Å²) in [5, 5.41) is 11.5. The molecule has 0 unspecified atom stereocenters. The number of carbonyl (C=O) groups is 2. The minimum Gasteiger partial charge on any atom is -0.317 e. The smallest absolute Gasteiger partial charge is 0.287 e. The van der Waals surface area contributed by atoms with Gasteiger partial charge in [-0.25, -0.2) is 10.1 Å². The molecule has 0 saturated carbocycles. The van der Waals surface area contributed by atoms with Crippen LogP contribution in [0.15, 0.2) is 93.8 Å². The highest BCUT2D eigenvalue weighted by Crippen LogP contribution is 2.13. The van der Waals surface area contributed by atoms with Crippen molar-refractivity contribution in [3.63, 3.8) is 0 Å². The fourth-order valence-corrected chi connectivity index (χ4v) is 3.80. The van der Waals surface area contributed by atoms with Crippen LogP contribution < -0.4 is 16.3 Å². The molecule has 2 heterocycles. The van der Waals surface area contributed by atoms with Crippen LogP contribution >= 0.6 is 11.3 Å². The molecular formula is C25H21N5O3S. The zero-order valence-electron chi connectivity index (χ0n) is 18.2. The van der Waals surface area contributed by atoms with Crippen LogP contribution in [0, 0.1) is 6.92 Å². The van der Waals surface area contributed by atoms with Gasteiger partial charge in [-0.3, -0.25) is 19.5 Å². The summed E-state index contributed by atoms with van der Waals surface area (Å²) in [6.07, 6.45) is 2.85. The number of hydrogen-bond acceptors (Lipinski definition) is 5. The molecule has 0 bridgehead atoms. The fraction of sp³-hybridized carbons (Fsp3) is 0.0400. The minimum absolute atomic E-state index is 0.0286. The number of aromatic amines is 1. The van der Waals surface area contributed by atoms with Gasteiger partial charge in [0.25, 0.3) is 17.4 Å². The first-order valence-corrected chi connectivity index (χ1v) is 11.2. The summed E-state index contributed by atoms with van der Waals surface area (Å²) in [5.41, 5.74) is 4.13. The van der Waals surface area contributed by atoms with E-state index >= 15 is 0 Å². The first-order chi connectivity index (χ1) is 16.5. The number of carbonyl (C=O) groups excluding carboxylic acids is 2. The number of aromatic nitrogens is 2. The van der Waals surface area contributed by atoms with Crippen LogP contribution in [-0.2, 0) is 4.79 Å². The summed E-state index contributed by atoms with van der Waals surface area (Å²) in [7, 11) is 0. The van der Waals surface area contributed by atoms with E-state index in [2.05, 4.69) is 20.9 Å². The molecule has 3 N–H and O–H groups in total. The zero-order chi connectivity index (χ0) is 23.9. The first-order valence-electron chi connectivity index (χ1n) is 10.3. The summed E-state index contributed by atoms with van der Waals surface area (Å²) in [5.74, 6) is -1.04. The molecule has 0 fully saturated rings. The predicted octanol–water partition coefficient (Wildman–Crippen LogP) is 3.46. The van der Waals surface area contributed by atoms with E-state index < -0.39 is 11.8 Å². The average Bonchev–Trinajstić information content (AvgIpc) is 3.47. The van der Waals surface area contributed by atoms with Gasteiger partial charge in [-0.05, 0) is 48.7 Å². The van der Waals surface area contributed by atoms with Gasteiger partial charge in [0.2, 0.25) is 0 Å². The predicted molar refractivity (Wildman–Crippen MR) is 133 cm³/mol. The van der Waals surface area contributed by atoms with Crippen LogP contribution in [0.5, 0.6) is 0 Å². The van der Waals surface area contributed by atoms with Gasteiger partial charge in [0, 0.05) is 16.1 Å². The molecule has 0 spiro atoms. The van der Waals surface area contributed by atoms with Crippen molar-refractivity contribution >= 4 is 35.4 Å². The van der Waals surface area contributed by atoms with Crippen molar-refractivity contribution in [2.75, 3.05) is 0 Å². The quantitative estimate of drug-likeness (QED) is 0.218. The number of amides is 2. The number of aryl methyl sites for hydroxylation is 1. The maximum Gasteiger partial charge on any atom is 0.287 e. The lowest BCUT2D eigenvalue weighted by molar-refractivity contribution is -0.117. The maximum absolute atomic E-state index is 12.8. The van der Waals surface area contributed by atoms with E-state index in [9.17, 15) is 14.4 Å². The van der Waals surface area contributed by atoms with Crippen LogP contribution in [-0.4, -0.2) is 27.8 Å². The molecule has 34 heavy (non-hydrogen) atoms.